The fourth-order valence-electron chi connectivity index (χ4n) is 4.40. The highest BCUT2D eigenvalue weighted by Crippen LogP contribution is 2.41. The Morgan fingerprint density at radius 3 is 3.00 bits per heavy atom. The fourth-order valence-corrected chi connectivity index (χ4v) is 4.89. The summed E-state index contributed by atoms with van der Waals surface area (Å²) < 4.78 is 0. The molecule has 0 saturated carbocycles. The Morgan fingerprint density at radius 1 is 1.48 bits per heavy atom. The summed E-state index contributed by atoms with van der Waals surface area (Å²) in [7, 11) is 2.14. The molecule has 1 N–H and O–H groups in total. The number of nitrogens with one attached hydrogen (secondary N) is 1. The third kappa shape index (κ3) is 2.64. The quantitative estimate of drug-likeness (QED) is 0.629. The molecular weight excluding hydrogens is 378 g/mol. The second kappa shape index (κ2) is 6.29. The van der Waals surface area contributed by atoms with Gasteiger partial charge < -0.3 is 9.88 Å². The van der Waals surface area contributed by atoms with Crippen LogP contribution in [0.2, 0.25) is 0 Å². The van der Waals surface area contributed by atoms with Crippen LogP contribution in [0.5, 0.6) is 0 Å². The van der Waals surface area contributed by atoms with Crippen LogP contribution >= 0.6 is 15.9 Å². The Morgan fingerprint density at radius 2 is 2.28 bits per heavy atom. The van der Waals surface area contributed by atoms with E-state index in [-0.39, 0.29) is 16.8 Å². The zero-order valence-corrected chi connectivity index (χ0v) is 16.5. The molecule has 0 fully saturated rings. The largest absolute Gasteiger partial charge is 0.361 e. The maximum absolute atomic E-state index is 13.0. The lowest BCUT2D eigenvalue weighted by atomic mass is 9.79. The van der Waals surface area contributed by atoms with Gasteiger partial charge in [-0.05, 0) is 50.1 Å². The van der Waals surface area contributed by atoms with Crippen LogP contribution in [0, 0.1) is 5.92 Å². The summed E-state index contributed by atoms with van der Waals surface area (Å²) in [5, 5.41) is 1.33. The Kier molecular flexibility index (Phi) is 4.24. The zero-order valence-electron chi connectivity index (χ0n) is 14.9. The number of rotatable bonds is 3. The van der Waals surface area contributed by atoms with Crippen LogP contribution in [-0.2, 0) is 11.2 Å². The number of hydrogen-bond acceptors (Lipinski definition) is 2. The van der Waals surface area contributed by atoms with Gasteiger partial charge in [-0.2, -0.15) is 0 Å². The number of benzene rings is 1. The topological polar surface area (TPSA) is 39.3 Å². The molecule has 1 unspecified atom stereocenters. The summed E-state index contributed by atoms with van der Waals surface area (Å²) in [5.74, 6) is 0.115. The van der Waals surface area contributed by atoms with Crippen molar-refractivity contribution in [1.29, 1.82) is 0 Å². The van der Waals surface area contributed by atoms with Crippen LogP contribution in [0.3, 0.4) is 0 Å². The molecular formula is C20H24BrN3O. The maximum Gasteiger partial charge on any atom is 0.231 e. The van der Waals surface area contributed by atoms with E-state index in [2.05, 4.69) is 63.3 Å². The highest BCUT2D eigenvalue weighted by atomic mass is 79.9. The highest BCUT2D eigenvalue weighted by Gasteiger charge is 2.37. The number of alkyl halides is 1. The van der Waals surface area contributed by atoms with Crippen molar-refractivity contribution in [1.82, 2.24) is 14.8 Å². The number of amides is 1. The minimum Gasteiger partial charge on any atom is -0.361 e. The lowest BCUT2D eigenvalue weighted by molar-refractivity contribution is -0.134. The van der Waals surface area contributed by atoms with E-state index in [1.54, 1.807) is 0 Å². The lowest BCUT2D eigenvalue weighted by Crippen LogP contribution is -2.48. The average molecular weight is 402 g/mol. The first-order valence-electron chi connectivity index (χ1n) is 8.97. The van der Waals surface area contributed by atoms with Crippen LogP contribution in [0.15, 0.2) is 30.5 Å². The van der Waals surface area contributed by atoms with Gasteiger partial charge in [0, 0.05) is 36.2 Å². The molecule has 1 amide bonds. The molecule has 3 atom stereocenters. The summed E-state index contributed by atoms with van der Waals surface area (Å²) >= 11 is 3.56. The second-order valence-corrected chi connectivity index (χ2v) is 8.45. The third-order valence-corrected chi connectivity index (χ3v) is 6.13. The molecule has 0 bridgehead atoms. The van der Waals surface area contributed by atoms with E-state index in [4.69, 9.17) is 0 Å². The minimum absolute atomic E-state index is 0.0532. The van der Waals surface area contributed by atoms with Crippen molar-refractivity contribution in [3.63, 3.8) is 0 Å². The number of aromatic amines is 1. The minimum atomic E-state index is -0.0908. The lowest BCUT2D eigenvalue weighted by Gasteiger charge is -2.40. The molecule has 5 heteroatoms. The summed E-state index contributed by atoms with van der Waals surface area (Å²) in [6.07, 6.45) is 5.38. The molecule has 25 heavy (non-hydrogen) atoms. The van der Waals surface area contributed by atoms with Gasteiger partial charge in [-0.3, -0.25) is 9.69 Å². The molecule has 2 aromatic rings. The van der Waals surface area contributed by atoms with Gasteiger partial charge in [-0.15, -0.1) is 0 Å². The zero-order chi connectivity index (χ0) is 17.7. The maximum atomic E-state index is 13.0. The Labute approximate surface area is 157 Å². The first-order valence-corrected chi connectivity index (χ1v) is 9.88. The van der Waals surface area contributed by atoms with Crippen molar-refractivity contribution in [3.05, 3.63) is 41.6 Å². The van der Waals surface area contributed by atoms with Crippen LogP contribution in [0.25, 0.3) is 16.5 Å². The molecule has 0 radical (unpaired) electrons. The number of aromatic nitrogens is 1. The number of likely N-dealkylation sites (N-methyl/N-ethyl adjacent to an activating group) is 1. The molecule has 0 saturated heterocycles. The Balaban J connectivity index is 1.78. The number of carbonyl (C=O) groups is 1. The summed E-state index contributed by atoms with van der Waals surface area (Å²) in [4.78, 5) is 20.7. The van der Waals surface area contributed by atoms with E-state index in [1.807, 2.05) is 18.7 Å². The molecule has 4 rings (SSSR count). The van der Waals surface area contributed by atoms with Gasteiger partial charge in [0.2, 0.25) is 5.91 Å². The van der Waals surface area contributed by atoms with E-state index in [0.717, 1.165) is 19.5 Å². The normalized spacial score (nSPS) is 23.9. The van der Waals surface area contributed by atoms with Gasteiger partial charge >= 0.3 is 0 Å². The fraction of sp³-hybridized carbons (Fsp3) is 0.450. The summed E-state index contributed by atoms with van der Waals surface area (Å²) in [6, 6.07) is 6.78. The van der Waals surface area contributed by atoms with Crippen LogP contribution in [0.1, 0.15) is 25.0 Å². The van der Waals surface area contributed by atoms with Crippen LogP contribution < -0.4 is 0 Å². The van der Waals surface area contributed by atoms with Gasteiger partial charge in [-0.25, -0.2) is 0 Å². The predicted molar refractivity (Wildman–Crippen MR) is 106 cm³/mol. The van der Waals surface area contributed by atoms with E-state index in [9.17, 15) is 4.79 Å². The smallest absolute Gasteiger partial charge is 0.231 e. The predicted octanol–water partition coefficient (Wildman–Crippen LogP) is 3.63. The molecule has 132 valence electrons. The molecule has 1 aromatic heterocycles. The van der Waals surface area contributed by atoms with Crippen LogP contribution in [-0.4, -0.2) is 51.8 Å². The van der Waals surface area contributed by atoms with Gasteiger partial charge in [0.25, 0.3) is 0 Å². The van der Waals surface area contributed by atoms with Crippen molar-refractivity contribution < 1.29 is 4.79 Å². The van der Waals surface area contributed by atoms with Gasteiger partial charge in [-0.1, -0.05) is 34.1 Å². The summed E-state index contributed by atoms with van der Waals surface area (Å²) in [5.41, 5.74) is 5.16. The molecule has 1 aliphatic heterocycles. The Hall–Kier alpha value is -1.59. The number of H-pyrrole nitrogens is 1. The third-order valence-electron chi connectivity index (χ3n) is 5.64. The van der Waals surface area contributed by atoms with Crippen molar-refractivity contribution in [2.75, 3.05) is 20.1 Å². The molecule has 0 spiro atoms. The number of hydrogen-bond donors (Lipinski definition) is 1. The SMILES string of the molecule is CCN(C(=O)[C@@H]1C=C2c3cccc4[nH]cc(c34)C[C@H]2N(C)C1)C(C)Br. The van der Waals surface area contributed by atoms with E-state index >= 15 is 0 Å². The van der Waals surface area contributed by atoms with Gasteiger partial charge in [0.1, 0.15) is 0 Å². The Bertz CT molecular complexity index is 854. The van der Waals surface area contributed by atoms with Gasteiger partial charge in [0.15, 0.2) is 0 Å². The van der Waals surface area contributed by atoms with Crippen LogP contribution in [0.4, 0.5) is 0 Å². The van der Waals surface area contributed by atoms with E-state index < -0.39 is 0 Å². The number of fused-ring (bicyclic) bond motifs is 2. The monoisotopic (exact) mass is 401 g/mol. The molecule has 2 aliphatic rings. The highest BCUT2D eigenvalue weighted by molar-refractivity contribution is 9.09. The molecule has 2 heterocycles. The summed E-state index contributed by atoms with van der Waals surface area (Å²) in [6.45, 7) is 5.54. The van der Waals surface area contributed by atoms with E-state index in [0.29, 0.717) is 6.04 Å². The molecule has 4 nitrogen and oxygen atoms in total. The van der Waals surface area contributed by atoms with Crippen molar-refractivity contribution in [2.45, 2.75) is 31.3 Å². The number of carbonyl (C=O) groups excluding carboxylic acids is 1. The van der Waals surface area contributed by atoms with Crippen molar-refractivity contribution in [2.24, 2.45) is 5.92 Å². The number of halogens is 1. The molecule has 1 aliphatic carbocycles. The molecule has 1 aromatic carbocycles. The van der Waals surface area contributed by atoms with Crippen molar-refractivity contribution in [3.8, 4) is 0 Å². The average Bonchev–Trinajstić information content (AvgIpc) is 3.00. The standard InChI is InChI=1S/C20H24BrN3O/c1-4-24(12(2)21)20(25)14-8-16-15-6-5-7-17-19(15)13(10-22-17)9-18(16)23(3)11-14/h5-8,10,12,14,18,22H,4,9,11H2,1-3H3/t12?,14-,18-/m1/s1. The van der Waals surface area contributed by atoms with E-state index in [1.165, 1.54) is 27.6 Å². The second-order valence-electron chi connectivity index (χ2n) is 7.13. The van der Waals surface area contributed by atoms with Crippen molar-refractivity contribution >= 4 is 38.3 Å². The van der Waals surface area contributed by atoms with Gasteiger partial charge in [0.05, 0.1) is 10.9 Å². The first-order chi connectivity index (χ1) is 12.0. The first kappa shape index (κ1) is 16.9. The number of nitrogens with zero attached hydrogens (tertiary/aromatic N) is 2.